The maximum absolute atomic E-state index is 12.7. The zero-order chi connectivity index (χ0) is 7.56. The average Bonchev–Trinajstić information content (AvgIpc) is 1.95. The van der Waals surface area contributed by atoms with E-state index in [0.717, 1.165) is 0 Å². The fourth-order valence-electron chi connectivity index (χ4n) is 0.603. The fraction of sp³-hybridized carbons (Fsp3) is 0.167. The van der Waals surface area contributed by atoms with E-state index in [9.17, 15) is 4.39 Å². The predicted octanol–water partition coefficient (Wildman–Crippen LogP) is 1.33. The summed E-state index contributed by atoms with van der Waals surface area (Å²) in [5.41, 5.74) is 5.36. The van der Waals surface area contributed by atoms with Crippen molar-refractivity contribution in [1.29, 1.82) is 0 Å². The van der Waals surface area contributed by atoms with E-state index in [4.69, 9.17) is 17.3 Å². The van der Waals surface area contributed by atoms with Gasteiger partial charge in [-0.25, -0.2) is 4.39 Å². The van der Waals surface area contributed by atoms with Gasteiger partial charge < -0.3 is 5.73 Å². The van der Waals surface area contributed by atoms with Gasteiger partial charge in [0.25, 0.3) is 0 Å². The van der Waals surface area contributed by atoms with Crippen molar-refractivity contribution in [2.24, 2.45) is 5.73 Å². The highest BCUT2D eigenvalue weighted by atomic mass is 35.5. The smallest absolute Gasteiger partial charge is 0.164 e. The quantitative estimate of drug-likeness (QED) is 0.673. The number of aromatic nitrogens is 1. The molecule has 0 radical (unpaired) electrons. The van der Waals surface area contributed by atoms with Gasteiger partial charge in [-0.2, -0.15) is 0 Å². The van der Waals surface area contributed by atoms with Crippen molar-refractivity contribution < 1.29 is 4.39 Å². The average molecular weight is 161 g/mol. The number of nitrogens with two attached hydrogens (primary N) is 1. The predicted molar refractivity (Wildman–Crippen MR) is 37.1 cm³/mol. The molecule has 1 aromatic heterocycles. The highest BCUT2D eigenvalue weighted by Crippen LogP contribution is 2.14. The molecule has 0 amide bonds. The maximum atomic E-state index is 12.7. The molecule has 0 saturated carbocycles. The Kier molecular flexibility index (Phi) is 2.19. The zero-order valence-electron chi connectivity index (χ0n) is 5.14. The van der Waals surface area contributed by atoms with Crippen LogP contribution in [0.25, 0.3) is 0 Å². The molecule has 0 aliphatic carbocycles. The second-order valence-corrected chi connectivity index (χ2v) is 2.16. The minimum Gasteiger partial charge on any atom is -0.325 e. The first-order valence-corrected chi connectivity index (χ1v) is 3.12. The van der Waals surface area contributed by atoms with Crippen molar-refractivity contribution in [2.75, 3.05) is 0 Å². The van der Waals surface area contributed by atoms with Gasteiger partial charge in [0, 0.05) is 12.7 Å². The van der Waals surface area contributed by atoms with Crippen LogP contribution in [0, 0.1) is 5.82 Å². The molecule has 0 aliphatic heterocycles. The van der Waals surface area contributed by atoms with Crippen molar-refractivity contribution in [1.82, 2.24) is 4.98 Å². The molecule has 0 spiro atoms. The minimum atomic E-state index is -0.522. The molecule has 54 valence electrons. The SMILES string of the molecule is NCc1nccc(Cl)c1F. The second kappa shape index (κ2) is 2.94. The summed E-state index contributed by atoms with van der Waals surface area (Å²) in [5.74, 6) is -0.522. The Morgan fingerprint density at radius 3 is 2.90 bits per heavy atom. The first kappa shape index (κ1) is 7.44. The Morgan fingerprint density at radius 2 is 2.40 bits per heavy atom. The molecule has 0 fully saturated rings. The molecular weight excluding hydrogens is 155 g/mol. The van der Waals surface area contributed by atoms with Gasteiger partial charge in [0.2, 0.25) is 0 Å². The van der Waals surface area contributed by atoms with Crippen LogP contribution < -0.4 is 5.73 Å². The van der Waals surface area contributed by atoms with Gasteiger partial charge in [-0.3, -0.25) is 4.98 Å². The highest BCUT2D eigenvalue weighted by molar-refractivity contribution is 6.30. The number of nitrogens with zero attached hydrogens (tertiary/aromatic N) is 1. The van der Waals surface area contributed by atoms with Crippen molar-refractivity contribution in [2.45, 2.75) is 6.54 Å². The van der Waals surface area contributed by atoms with E-state index in [0.29, 0.717) is 0 Å². The summed E-state index contributed by atoms with van der Waals surface area (Å²) in [6.07, 6.45) is 1.42. The summed E-state index contributed by atoms with van der Waals surface area (Å²) in [7, 11) is 0. The van der Waals surface area contributed by atoms with Gasteiger partial charge in [-0.1, -0.05) is 11.6 Å². The second-order valence-electron chi connectivity index (χ2n) is 1.76. The molecule has 0 bridgehead atoms. The molecule has 0 saturated heterocycles. The van der Waals surface area contributed by atoms with E-state index in [-0.39, 0.29) is 17.3 Å². The first-order valence-electron chi connectivity index (χ1n) is 2.74. The van der Waals surface area contributed by atoms with Crippen LogP contribution in [0.3, 0.4) is 0 Å². The van der Waals surface area contributed by atoms with E-state index >= 15 is 0 Å². The van der Waals surface area contributed by atoms with Crippen molar-refractivity contribution in [3.05, 3.63) is 28.8 Å². The third-order valence-corrected chi connectivity index (χ3v) is 1.40. The molecule has 0 aliphatic rings. The number of hydrogen-bond donors (Lipinski definition) is 1. The Morgan fingerprint density at radius 1 is 1.70 bits per heavy atom. The van der Waals surface area contributed by atoms with Gasteiger partial charge in [-0.15, -0.1) is 0 Å². The van der Waals surface area contributed by atoms with Crippen LogP contribution in [0.5, 0.6) is 0 Å². The van der Waals surface area contributed by atoms with Crippen LogP contribution in [0.2, 0.25) is 5.02 Å². The summed E-state index contributed by atoms with van der Waals surface area (Å²) in [6.45, 7) is 0.0758. The number of hydrogen-bond acceptors (Lipinski definition) is 2. The Bertz CT molecular complexity index is 239. The lowest BCUT2D eigenvalue weighted by Gasteiger charge is -1.97. The fourth-order valence-corrected chi connectivity index (χ4v) is 0.768. The minimum absolute atomic E-state index is 0.0652. The van der Waals surface area contributed by atoms with E-state index in [1.165, 1.54) is 12.3 Å². The van der Waals surface area contributed by atoms with Crippen LogP contribution in [0.15, 0.2) is 12.3 Å². The number of rotatable bonds is 1. The van der Waals surface area contributed by atoms with Crippen molar-refractivity contribution in [3.63, 3.8) is 0 Å². The third-order valence-electron chi connectivity index (χ3n) is 1.11. The monoisotopic (exact) mass is 160 g/mol. The lowest BCUT2D eigenvalue weighted by atomic mass is 10.3. The molecular formula is C6H6ClFN2. The molecule has 1 heterocycles. The zero-order valence-corrected chi connectivity index (χ0v) is 5.90. The highest BCUT2D eigenvalue weighted by Gasteiger charge is 2.04. The molecule has 10 heavy (non-hydrogen) atoms. The van der Waals surface area contributed by atoms with Crippen LogP contribution in [0.4, 0.5) is 4.39 Å². The maximum Gasteiger partial charge on any atom is 0.164 e. The number of halogens is 2. The lowest BCUT2D eigenvalue weighted by Crippen LogP contribution is -2.02. The topological polar surface area (TPSA) is 38.9 Å². The van der Waals surface area contributed by atoms with Crippen LogP contribution >= 0.6 is 11.6 Å². The molecule has 0 atom stereocenters. The van der Waals surface area contributed by atoms with E-state index in [1.807, 2.05) is 0 Å². The molecule has 0 aromatic carbocycles. The summed E-state index contributed by atoms with van der Waals surface area (Å²) in [6, 6.07) is 1.38. The molecule has 1 rings (SSSR count). The molecule has 0 unspecified atom stereocenters. The van der Waals surface area contributed by atoms with E-state index < -0.39 is 5.82 Å². The van der Waals surface area contributed by atoms with Gasteiger partial charge in [0.05, 0.1) is 10.7 Å². The standard InChI is InChI=1S/C6H6ClFN2/c7-4-1-2-10-5(3-9)6(4)8/h1-2H,3,9H2. The first-order chi connectivity index (χ1) is 4.75. The van der Waals surface area contributed by atoms with Crippen molar-refractivity contribution >= 4 is 11.6 Å². The van der Waals surface area contributed by atoms with Gasteiger partial charge in [0.15, 0.2) is 5.82 Å². The van der Waals surface area contributed by atoms with Gasteiger partial charge in [0.1, 0.15) is 0 Å². The summed E-state index contributed by atoms with van der Waals surface area (Å²) in [4.78, 5) is 3.67. The summed E-state index contributed by atoms with van der Waals surface area (Å²) in [5, 5.41) is 0.0652. The Labute approximate surface area is 62.8 Å². The largest absolute Gasteiger partial charge is 0.325 e. The van der Waals surface area contributed by atoms with Gasteiger partial charge >= 0.3 is 0 Å². The van der Waals surface area contributed by atoms with Crippen LogP contribution in [0.1, 0.15) is 5.69 Å². The normalized spacial score (nSPS) is 9.90. The molecule has 2 N–H and O–H groups in total. The molecule has 4 heteroatoms. The summed E-state index contributed by atoms with van der Waals surface area (Å²) >= 11 is 5.42. The Balaban J connectivity index is 3.14. The van der Waals surface area contributed by atoms with E-state index in [2.05, 4.69) is 4.98 Å². The summed E-state index contributed by atoms with van der Waals surface area (Å²) < 4.78 is 12.7. The number of pyridine rings is 1. The Hall–Kier alpha value is -0.670. The molecule has 1 aromatic rings. The third kappa shape index (κ3) is 1.25. The van der Waals surface area contributed by atoms with Crippen molar-refractivity contribution in [3.8, 4) is 0 Å². The van der Waals surface area contributed by atoms with Gasteiger partial charge in [-0.05, 0) is 6.07 Å². The lowest BCUT2D eigenvalue weighted by molar-refractivity contribution is 0.600. The van der Waals surface area contributed by atoms with E-state index in [1.54, 1.807) is 0 Å². The van der Waals surface area contributed by atoms with Crippen LogP contribution in [-0.2, 0) is 6.54 Å². The molecule has 2 nitrogen and oxygen atoms in total. The van der Waals surface area contributed by atoms with Crippen LogP contribution in [-0.4, -0.2) is 4.98 Å².